The molecule has 1 N–H and O–H groups in total. The summed E-state index contributed by atoms with van der Waals surface area (Å²) in [6, 6.07) is 3.60. The van der Waals surface area contributed by atoms with Gasteiger partial charge in [-0.25, -0.2) is 0 Å². The van der Waals surface area contributed by atoms with Gasteiger partial charge in [0.1, 0.15) is 0 Å². The quantitative estimate of drug-likeness (QED) is 0.877. The Hall–Kier alpha value is -1.40. The zero-order chi connectivity index (χ0) is 12.3. The topological polar surface area (TPSA) is 66.8 Å². The van der Waals surface area contributed by atoms with Crippen molar-refractivity contribution in [1.29, 1.82) is 0 Å². The molecule has 1 amide bonds. The molecule has 2 heterocycles. The highest BCUT2D eigenvalue weighted by molar-refractivity contribution is 7.12. The average Bonchev–Trinajstić information content (AvgIpc) is 2.81. The Morgan fingerprint density at radius 1 is 1.59 bits per heavy atom. The van der Waals surface area contributed by atoms with Crippen LogP contribution >= 0.6 is 11.3 Å². The second kappa shape index (κ2) is 5.29. The van der Waals surface area contributed by atoms with E-state index in [1.807, 2.05) is 11.4 Å². The number of carbonyl (C=O) groups excluding carboxylic acids is 1. The van der Waals surface area contributed by atoms with Crippen molar-refractivity contribution < 1.29 is 19.4 Å². The molecule has 5 nitrogen and oxygen atoms in total. The van der Waals surface area contributed by atoms with E-state index >= 15 is 0 Å². The molecule has 6 heteroatoms. The van der Waals surface area contributed by atoms with Gasteiger partial charge in [0.2, 0.25) is 0 Å². The Morgan fingerprint density at radius 2 is 2.41 bits per heavy atom. The summed E-state index contributed by atoms with van der Waals surface area (Å²) in [5.74, 6) is -0.945. The van der Waals surface area contributed by atoms with Gasteiger partial charge < -0.3 is 14.7 Å². The SMILES string of the molecule is O=C(O)C[C@@H]1CN(C(=O)c2cccs2)CCO1. The molecule has 1 aromatic rings. The molecular formula is C11H13NO4S. The van der Waals surface area contributed by atoms with Crippen molar-refractivity contribution in [1.82, 2.24) is 4.90 Å². The third kappa shape index (κ3) is 3.04. The molecule has 2 rings (SSSR count). The van der Waals surface area contributed by atoms with Crippen LogP contribution < -0.4 is 0 Å². The fourth-order valence-electron chi connectivity index (χ4n) is 1.78. The first-order chi connectivity index (χ1) is 8.16. The lowest BCUT2D eigenvalue weighted by Gasteiger charge is -2.32. The number of nitrogens with zero attached hydrogens (tertiary/aromatic N) is 1. The summed E-state index contributed by atoms with van der Waals surface area (Å²) in [6.45, 7) is 1.27. The van der Waals surface area contributed by atoms with Crippen molar-refractivity contribution in [2.45, 2.75) is 12.5 Å². The largest absolute Gasteiger partial charge is 0.481 e. The molecule has 0 radical (unpaired) electrons. The molecule has 1 aliphatic rings. The van der Waals surface area contributed by atoms with E-state index in [2.05, 4.69) is 0 Å². The van der Waals surface area contributed by atoms with Crippen molar-refractivity contribution in [3.63, 3.8) is 0 Å². The highest BCUT2D eigenvalue weighted by Crippen LogP contribution is 2.16. The average molecular weight is 255 g/mol. The predicted molar refractivity (Wildman–Crippen MR) is 62.2 cm³/mol. The molecule has 1 atom stereocenters. The number of carbonyl (C=O) groups is 2. The van der Waals surface area contributed by atoms with Gasteiger partial charge in [0.25, 0.3) is 5.91 Å². The van der Waals surface area contributed by atoms with Gasteiger partial charge in [-0.3, -0.25) is 9.59 Å². The lowest BCUT2D eigenvalue weighted by atomic mass is 10.2. The van der Waals surface area contributed by atoms with Crippen LogP contribution in [0.1, 0.15) is 16.1 Å². The third-order valence-electron chi connectivity index (χ3n) is 2.56. The van der Waals surface area contributed by atoms with Crippen molar-refractivity contribution in [3.05, 3.63) is 22.4 Å². The summed E-state index contributed by atoms with van der Waals surface area (Å²) < 4.78 is 5.32. The molecule has 1 saturated heterocycles. The maximum absolute atomic E-state index is 12.0. The van der Waals surface area contributed by atoms with E-state index in [0.717, 1.165) is 0 Å². The minimum Gasteiger partial charge on any atom is -0.481 e. The summed E-state index contributed by atoms with van der Waals surface area (Å²) in [7, 11) is 0. The van der Waals surface area contributed by atoms with Crippen molar-refractivity contribution in [2.24, 2.45) is 0 Å². The first-order valence-corrected chi connectivity index (χ1v) is 6.21. The van der Waals surface area contributed by atoms with E-state index < -0.39 is 12.1 Å². The van der Waals surface area contributed by atoms with Crippen LogP contribution in [-0.4, -0.2) is 47.7 Å². The van der Waals surface area contributed by atoms with Crippen molar-refractivity contribution >= 4 is 23.2 Å². The number of morpholine rings is 1. The van der Waals surface area contributed by atoms with Gasteiger partial charge in [0.15, 0.2) is 0 Å². The minimum absolute atomic E-state index is 0.0429. The van der Waals surface area contributed by atoms with Crippen LogP contribution in [0.3, 0.4) is 0 Å². The van der Waals surface area contributed by atoms with E-state index in [1.54, 1.807) is 11.0 Å². The number of carboxylic acid groups (broad SMARTS) is 1. The number of ether oxygens (including phenoxy) is 1. The van der Waals surface area contributed by atoms with Gasteiger partial charge >= 0.3 is 5.97 Å². The summed E-state index contributed by atoms with van der Waals surface area (Å²) in [4.78, 5) is 25.0. The molecule has 0 spiro atoms. The molecule has 0 aromatic carbocycles. The maximum Gasteiger partial charge on any atom is 0.306 e. The molecule has 1 aliphatic heterocycles. The van der Waals surface area contributed by atoms with E-state index in [4.69, 9.17) is 9.84 Å². The van der Waals surface area contributed by atoms with Gasteiger partial charge in [-0.05, 0) is 11.4 Å². The van der Waals surface area contributed by atoms with Crippen LogP contribution in [0.25, 0.3) is 0 Å². The Labute approximate surface area is 103 Å². The fourth-order valence-corrected chi connectivity index (χ4v) is 2.47. The van der Waals surface area contributed by atoms with Crippen LogP contribution in [0.2, 0.25) is 0 Å². The van der Waals surface area contributed by atoms with E-state index in [1.165, 1.54) is 11.3 Å². The van der Waals surface area contributed by atoms with Crippen LogP contribution in [-0.2, 0) is 9.53 Å². The van der Waals surface area contributed by atoms with Gasteiger partial charge in [0, 0.05) is 13.1 Å². The molecule has 1 aromatic heterocycles. The van der Waals surface area contributed by atoms with E-state index in [0.29, 0.717) is 24.6 Å². The number of thiophene rings is 1. The molecular weight excluding hydrogens is 242 g/mol. The highest BCUT2D eigenvalue weighted by Gasteiger charge is 2.26. The Morgan fingerprint density at radius 3 is 3.06 bits per heavy atom. The monoisotopic (exact) mass is 255 g/mol. The van der Waals surface area contributed by atoms with Gasteiger partial charge in [-0.2, -0.15) is 0 Å². The Bertz CT molecular complexity index is 404. The van der Waals surface area contributed by atoms with Crippen LogP contribution in [0.5, 0.6) is 0 Å². The number of amides is 1. The summed E-state index contributed by atoms with van der Waals surface area (Å²) in [6.07, 6.45) is -0.459. The van der Waals surface area contributed by atoms with Crippen LogP contribution in [0.15, 0.2) is 17.5 Å². The molecule has 1 fully saturated rings. The third-order valence-corrected chi connectivity index (χ3v) is 3.42. The maximum atomic E-state index is 12.0. The number of carboxylic acids is 1. The number of rotatable bonds is 3. The zero-order valence-corrected chi connectivity index (χ0v) is 9.98. The molecule has 92 valence electrons. The standard InChI is InChI=1S/C11H13NO4S/c13-10(14)6-8-7-12(3-4-16-8)11(15)9-2-1-5-17-9/h1-2,5,8H,3-4,6-7H2,(H,13,14)/t8-/m1/s1. The highest BCUT2D eigenvalue weighted by atomic mass is 32.1. The zero-order valence-electron chi connectivity index (χ0n) is 9.17. The molecule has 0 saturated carbocycles. The van der Waals surface area contributed by atoms with Crippen LogP contribution in [0.4, 0.5) is 0 Å². The Kier molecular flexibility index (Phi) is 3.75. The van der Waals surface area contributed by atoms with E-state index in [9.17, 15) is 9.59 Å². The van der Waals surface area contributed by atoms with Gasteiger partial charge in [-0.15, -0.1) is 11.3 Å². The van der Waals surface area contributed by atoms with Gasteiger partial charge in [-0.1, -0.05) is 6.07 Å². The number of hydrogen-bond donors (Lipinski definition) is 1. The lowest BCUT2D eigenvalue weighted by Crippen LogP contribution is -2.46. The van der Waals surface area contributed by atoms with Crippen molar-refractivity contribution in [2.75, 3.05) is 19.7 Å². The summed E-state index contributed by atoms with van der Waals surface area (Å²) in [5.41, 5.74) is 0. The minimum atomic E-state index is -0.902. The van der Waals surface area contributed by atoms with Gasteiger partial charge in [0.05, 0.1) is 24.0 Å². The summed E-state index contributed by atoms with van der Waals surface area (Å²) in [5, 5.41) is 10.5. The number of aliphatic carboxylic acids is 1. The van der Waals surface area contributed by atoms with Crippen molar-refractivity contribution in [3.8, 4) is 0 Å². The predicted octanol–water partition coefficient (Wildman–Crippen LogP) is 1.06. The second-order valence-electron chi connectivity index (χ2n) is 3.82. The number of hydrogen-bond acceptors (Lipinski definition) is 4. The lowest BCUT2D eigenvalue weighted by molar-refractivity contribution is -0.141. The first kappa shape index (κ1) is 12.1. The molecule has 0 bridgehead atoms. The Balaban J connectivity index is 1.97. The van der Waals surface area contributed by atoms with Crippen LogP contribution in [0, 0.1) is 0 Å². The molecule has 0 unspecified atom stereocenters. The second-order valence-corrected chi connectivity index (χ2v) is 4.77. The normalized spacial score (nSPS) is 20.2. The molecule has 0 aliphatic carbocycles. The first-order valence-electron chi connectivity index (χ1n) is 5.33. The smallest absolute Gasteiger partial charge is 0.306 e. The summed E-state index contributed by atoms with van der Waals surface area (Å²) >= 11 is 1.39. The fraction of sp³-hybridized carbons (Fsp3) is 0.455. The van der Waals surface area contributed by atoms with E-state index in [-0.39, 0.29) is 12.3 Å². The molecule has 17 heavy (non-hydrogen) atoms.